The summed E-state index contributed by atoms with van der Waals surface area (Å²) in [5.74, 6) is 1.71. The number of aromatic nitrogens is 1. The van der Waals surface area contributed by atoms with Crippen LogP contribution in [0.4, 0.5) is 11.5 Å². The van der Waals surface area contributed by atoms with Crippen LogP contribution in [0, 0.1) is 17.0 Å². The molecule has 7 nitrogen and oxygen atoms in total. The molecule has 2 aromatic rings. The van der Waals surface area contributed by atoms with Gasteiger partial charge in [-0.25, -0.2) is 4.98 Å². The Morgan fingerprint density at radius 3 is 2.56 bits per heavy atom. The number of pyridine rings is 1. The monoisotopic (exact) mass is 342 g/mol. The average molecular weight is 342 g/mol. The molecular formula is C18H22N4O3. The van der Waals surface area contributed by atoms with Crippen molar-refractivity contribution in [2.45, 2.75) is 13.5 Å². The van der Waals surface area contributed by atoms with Crippen LogP contribution in [-0.4, -0.2) is 48.1 Å². The maximum Gasteiger partial charge on any atom is 0.287 e. The molecule has 1 fully saturated rings. The lowest BCUT2D eigenvalue weighted by Crippen LogP contribution is -2.46. The molecule has 0 bridgehead atoms. The zero-order valence-electron chi connectivity index (χ0n) is 14.5. The van der Waals surface area contributed by atoms with Gasteiger partial charge in [0, 0.05) is 44.4 Å². The third-order valence-electron chi connectivity index (χ3n) is 4.47. The molecule has 0 amide bonds. The molecule has 0 spiro atoms. The molecule has 7 heteroatoms. The predicted octanol–water partition coefficient (Wildman–Crippen LogP) is 2.63. The normalized spacial score (nSPS) is 15.2. The van der Waals surface area contributed by atoms with Gasteiger partial charge >= 0.3 is 0 Å². The van der Waals surface area contributed by atoms with Gasteiger partial charge in [0.2, 0.25) is 0 Å². The summed E-state index contributed by atoms with van der Waals surface area (Å²) in [6.45, 7) is 6.46. The number of rotatable bonds is 5. The van der Waals surface area contributed by atoms with E-state index in [9.17, 15) is 10.1 Å². The van der Waals surface area contributed by atoms with Gasteiger partial charge in [-0.15, -0.1) is 0 Å². The number of hydrogen-bond donors (Lipinski definition) is 0. The minimum absolute atomic E-state index is 0.0222. The van der Waals surface area contributed by atoms with Gasteiger partial charge in [-0.3, -0.25) is 15.0 Å². The molecule has 0 N–H and O–H groups in total. The lowest BCUT2D eigenvalue weighted by Gasteiger charge is -2.35. The van der Waals surface area contributed by atoms with Crippen molar-refractivity contribution in [1.82, 2.24) is 9.88 Å². The van der Waals surface area contributed by atoms with Crippen molar-refractivity contribution >= 4 is 11.5 Å². The molecule has 132 valence electrons. The Bertz CT molecular complexity index is 740. The number of nitro groups is 1. The predicted molar refractivity (Wildman–Crippen MR) is 96.1 cm³/mol. The van der Waals surface area contributed by atoms with Crippen LogP contribution in [0.5, 0.6) is 5.75 Å². The highest BCUT2D eigenvalue weighted by molar-refractivity contribution is 5.43. The second-order valence-corrected chi connectivity index (χ2v) is 6.21. The molecule has 1 aliphatic rings. The van der Waals surface area contributed by atoms with Gasteiger partial charge in [0.15, 0.2) is 0 Å². The highest BCUT2D eigenvalue weighted by Gasteiger charge is 2.20. The van der Waals surface area contributed by atoms with Gasteiger partial charge in [0.05, 0.1) is 12.0 Å². The summed E-state index contributed by atoms with van der Waals surface area (Å²) in [4.78, 5) is 19.1. The summed E-state index contributed by atoms with van der Waals surface area (Å²) in [7, 11) is 1.70. The minimum Gasteiger partial charge on any atom is -0.496 e. The zero-order chi connectivity index (χ0) is 17.8. The number of ether oxygens (including phenoxy) is 1. The summed E-state index contributed by atoms with van der Waals surface area (Å²) in [6.07, 6.45) is 1.32. The lowest BCUT2D eigenvalue weighted by atomic mass is 10.1. The second-order valence-electron chi connectivity index (χ2n) is 6.21. The molecule has 2 heterocycles. The first kappa shape index (κ1) is 17.2. The SMILES string of the molecule is COc1ccc(C)cc1CN1CCN(c2ccc([N+](=O)[O-])cn2)CC1. The maximum absolute atomic E-state index is 10.7. The number of nitrogens with zero attached hydrogens (tertiary/aromatic N) is 4. The van der Waals surface area contributed by atoms with E-state index >= 15 is 0 Å². The van der Waals surface area contributed by atoms with Gasteiger partial charge in [0.1, 0.15) is 17.8 Å². The molecule has 1 saturated heterocycles. The summed E-state index contributed by atoms with van der Waals surface area (Å²) < 4.78 is 5.46. The van der Waals surface area contributed by atoms with Crippen LogP contribution in [0.1, 0.15) is 11.1 Å². The number of anilines is 1. The van der Waals surface area contributed by atoms with Crippen LogP contribution in [0.3, 0.4) is 0 Å². The lowest BCUT2D eigenvalue weighted by molar-refractivity contribution is -0.385. The highest BCUT2D eigenvalue weighted by atomic mass is 16.6. The standard InChI is InChI=1S/C18H22N4O3/c1-14-3-5-17(25-2)15(11-14)13-20-7-9-21(10-8-20)18-6-4-16(12-19-18)22(23)24/h3-6,11-12H,7-10,13H2,1-2H3. The van der Waals surface area contributed by atoms with Crippen molar-refractivity contribution < 1.29 is 9.66 Å². The van der Waals surface area contributed by atoms with Crippen molar-refractivity contribution in [3.63, 3.8) is 0 Å². The van der Waals surface area contributed by atoms with Crippen LogP contribution in [-0.2, 0) is 6.54 Å². The van der Waals surface area contributed by atoms with Crippen molar-refractivity contribution in [1.29, 1.82) is 0 Å². The van der Waals surface area contributed by atoms with Crippen molar-refractivity contribution in [2.75, 3.05) is 38.2 Å². The van der Waals surface area contributed by atoms with Crippen LogP contribution in [0.15, 0.2) is 36.5 Å². The molecule has 0 atom stereocenters. The van der Waals surface area contributed by atoms with Crippen molar-refractivity contribution in [3.8, 4) is 5.75 Å². The Labute approximate surface area is 147 Å². The van der Waals surface area contributed by atoms with E-state index in [0.29, 0.717) is 0 Å². The first-order chi connectivity index (χ1) is 12.1. The van der Waals surface area contributed by atoms with Gasteiger partial charge in [-0.1, -0.05) is 17.7 Å². The van der Waals surface area contributed by atoms with E-state index in [0.717, 1.165) is 44.3 Å². The number of hydrogen-bond acceptors (Lipinski definition) is 6. The van der Waals surface area contributed by atoms with E-state index in [-0.39, 0.29) is 5.69 Å². The second kappa shape index (κ2) is 7.48. The number of methoxy groups -OCH3 is 1. The number of benzene rings is 1. The third-order valence-corrected chi connectivity index (χ3v) is 4.47. The van der Waals surface area contributed by atoms with Crippen LogP contribution >= 0.6 is 0 Å². The Morgan fingerprint density at radius 2 is 1.96 bits per heavy atom. The molecule has 3 rings (SSSR count). The fraction of sp³-hybridized carbons (Fsp3) is 0.389. The van der Waals surface area contributed by atoms with Crippen molar-refractivity contribution in [3.05, 3.63) is 57.8 Å². The molecule has 0 unspecified atom stereocenters. The minimum atomic E-state index is -0.427. The Morgan fingerprint density at radius 1 is 1.20 bits per heavy atom. The zero-order valence-corrected chi connectivity index (χ0v) is 14.5. The van der Waals surface area contributed by atoms with E-state index in [1.165, 1.54) is 23.4 Å². The first-order valence-corrected chi connectivity index (χ1v) is 8.28. The smallest absolute Gasteiger partial charge is 0.287 e. The number of piperazine rings is 1. The van der Waals surface area contributed by atoms with Gasteiger partial charge < -0.3 is 9.64 Å². The Balaban J connectivity index is 1.60. The van der Waals surface area contributed by atoms with Gasteiger partial charge in [0.25, 0.3) is 5.69 Å². The largest absolute Gasteiger partial charge is 0.496 e. The fourth-order valence-corrected chi connectivity index (χ4v) is 3.08. The van der Waals surface area contributed by atoms with E-state index in [2.05, 4.69) is 33.8 Å². The molecule has 1 aromatic carbocycles. The summed E-state index contributed by atoms with van der Waals surface area (Å²) in [6, 6.07) is 9.47. The molecule has 1 aromatic heterocycles. The van der Waals surface area contributed by atoms with Crippen LogP contribution in [0.2, 0.25) is 0 Å². The van der Waals surface area contributed by atoms with Gasteiger partial charge in [-0.2, -0.15) is 0 Å². The quantitative estimate of drug-likeness (QED) is 0.614. The topological polar surface area (TPSA) is 71.7 Å². The van der Waals surface area contributed by atoms with Crippen molar-refractivity contribution in [2.24, 2.45) is 0 Å². The van der Waals surface area contributed by atoms with E-state index in [1.807, 2.05) is 6.07 Å². The molecule has 0 saturated carbocycles. The summed E-state index contributed by atoms with van der Waals surface area (Å²) in [5, 5.41) is 10.7. The highest BCUT2D eigenvalue weighted by Crippen LogP contribution is 2.23. The summed E-state index contributed by atoms with van der Waals surface area (Å²) >= 11 is 0. The Hall–Kier alpha value is -2.67. The summed E-state index contributed by atoms with van der Waals surface area (Å²) in [5.41, 5.74) is 2.45. The van der Waals surface area contributed by atoms with Gasteiger partial charge in [-0.05, 0) is 19.1 Å². The molecule has 0 aliphatic carbocycles. The van der Waals surface area contributed by atoms with E-state index in [4.69, 9.17) is 4.74 Å². The third kappa shape index (κ3) is 4.06. The maximum atomic E-state index is 10.7. The molecular weight excluding hydrogens is 320 g/mol. The fourth-order valence-electron chi connectivity index (χ4n) is 3.08. The average Bonchev–Trinajstić information content (AvgIpc) is 2.63. The van der Waals surface area contributed by atoms with E-state index in [1.54, 1.807) is 13.2 Å². The first-order valence-electron chi connectivity index (χ1n) is 8.28. The molecule has 1 aliphatic heterocycles. The van der Waals surface area contributed by atoms with Crippen LogP contribution < -0.4 is 9.64 Å². The Kier molecular flexibility index (Phi) is 5.14. The molecule has 25 heavy (non-hydrogen) atoms. The van der Waals surface area contributed by atoms with E-state index < -0.39 is 4.92 Å². The van der Waals surface area contributed by atoms with Crippen LogP contribution in [0.25, 0.3) is 0 Å². The molecule has 0 radical (unpaired) electrons. The number of aryl methyl sites for hydroxylation is 1.